The highest BCUT2D eigenvalue weighted by molar-refractivity contribution is 6.95. The zero-order chi connectivity index (χ0) is 16.0. The van der Waals surface area contributed by atoms with Crippen LogP contribution in [0, 0.1) is 0 Å². The lowest BCUT2D eigenvalue weighted by atomic mass is 10.0. The van der Waals surface area contributed by atoms with Crippen molar-refractivity contribution in [2.75, 3.05) is 6.54 Å². The average molecular weight is 394 g/mol. The van der Waals surface area contributed by atoms with Crippen molar-refractivity contribution in [1.29, 1.82) is 0 Å². The van der Waals surface area contributed by atoms with Gasteiger partial charge < -0.3 is 4.74 Å². The minimum Gasteiger partial charge on any atom is -0.335 e. The molecule has 21 heavy (non-hydrogen) atoms. The zero-order valence-electron chi connectivity index (χ0n) is 11.7. The Kier molecular flexibility index (Phi) is 8.40. The van der Waals surface area contributed by atoms with Gasteiger partial charge in [-0.15, -0.1) is 11.6 Å². The van der Waals surface area contributed by atoms with Gasteiger partial charge >= 0.3 is 0 Å². The standard InChI is InChI=1S/C14H18Cl5NO/c1-9(6-7-12-14(18,19)21-12)4-3-5-10(2)11(15)8-20-13(16)17/h4,11-12H,2-3,5-8H2,1H3/b9-4+. The van der Waals surface area contributed by atoms with Gasteiger partial charge in [0.25, 0.3) is 0 Å². The van der Waals surface area contributed by atoms with Crippen LogP contribution < -0.4 is 0 Å². The molecule has 1 fully saturated rings. The number of hydrogen-bond acceptors (Lipinski definition) is 2. The summed E-state index contributed by atoms with van der Waals surface area (Å²) < 4.78 is 4.13. The van der Waals surface area contributed by atoms with Crippen molar-refractivity contribution < 1.29 is 4.74 Å². The molecule has 2 unspecified atom stereocenters. The molecule has 0 saturated carbocycles. The summed E-state index contributed by atoms with van der Waals surface area (Å²) >= 11 is 28.6. The Morgan fingerprint density at radius 3 is 2.52 bits per heavy atom. The molecule has 1 aliphatic rings. The van der Waals surface area contributed by atoms with Gasteiger partial charge in [0.05, 0.1) is 11.9 Å². The smallest absolute Gasteiger partial charge is 0.244 e. The van der Waals surface area contributed by atoms with E-state index in [2.05, 4.69) is 24.6 Å². The molecule has 0 spiro atoms. The SMILES string of the molecule is C=C(CC/C=C(\C)CCC1OC1(Cl)Cl)C(Cl)CN=C(Cl)Cl. The van der Waals surface area contributed by atoms with E-state index in [-0.39, 0.29) is 16.1 Å². The van der Waals surface area contributed by atoms with Gasteiger partial charge in [-0.05, 0) is 55.8 Å². The summed E-state index contributed by atoms with van der Waals surface area (Å²) in [6, 6.07) is 0. The number of halogens is 5. The molecule has 1 saturated heterocycles. The van der Waals surface area contributed by atoms with Gasteiger partial charge in [-0.3, -0.25) is 4.99 Å². The van der Waals surface area contributed by atoms with Crippen molar-refractivity contribution in [2.45, 2.75) is 48.6 Å². The highest BCUT2D eigenvalue weighted by atomic mass is 35.5. The quantitative estimate of drug-likeness (QED) is 0.203. The van der Waals surface area contributed by atoms with Gasteiger partial charge in [-0.25, -0.2) is 0 Å². The van der Waals surface area contributed by atoms with E-state index in [1.54, 1.807) is 0 Å². The summed E-state index contributed by atoms with van der Waals surface area (Å²) in [5.74, 6) is 0. The van der Waals surface area contributed by atoms with Crippen molar-refractivity contribution >= 4 is 62.6 Å². The fourth-order valence-corrected chi connectivity index (χ4v) is 2.53. The maximum Gasteiger partial charge on any atom is 0.244 e. The Balaban J connectivity index is 2.20. The molecule has 0 aromatic carbocycles. The first-order valence-electron chi connectivity index (χ1n) is 6.61. The first-order chi connectivity index (χ1) is 9.72. The molecule has 0 radical (unpaired) electrons. The summed E-state index contributed by atoms with van der Waals surface area (Å²) in [7, 11) is 0. The molecule has 1 heterocycles. The fourth-order valence-electron chi connectivity index (χ4n) is 1.78. The number of allylic oxidation sites excluding steroid dienone is 2. The van der Waals surface area contributed by atoms with Gasteiger partial charge in [-0.2, -0.15) is 0 Å². The number of hydrogen-bond donors (Lipinski definition) is 0. The molecule has 0 aliphatic carbocycles. The molecule has 0 amide bonds. The van der Waals surface area contributed by atoms with Crippen LogP contribution in [0.25, 0.3) is 0 Å². The lowest BCUT2D eigenvalue weighted by Crippen LogP contribution is -2.07. The molecule has 0 aromatic heterocycles. The van der Waals surface area contributed by atoms with Crippen molar-refractivity contribution in [1.82, 2.24) is 0 Å². The first-order valence-corrected chi connectivity index (χ1v) is 8.55. The second-order valence-corrected chi connectivity index (χ2v) is 7.76. The molecule has 2 atom stereocenters. The van der Waals surface area contributed by atoms with Gasteiger partial charge in [0.2, 0.25) is 4.52 Å². The summed E-state index contributed by atoms with van der Waals surface area (Å²) in [4.78, 5) is 3.86. The van der Waals surface area contributed by atoms with E-state index in [1.165, 1.54) is 5.57 Å². The van der Waals surface area contributed by atoms with Gasteiger partial charge in [0.15, 0.2) is 4.63 Å². The van der Waals surface area contributed by atoms with Crippen molar-refractivity contribution in [3.8, 4) is 0 Å². The van der Waals surface area contributed by atoms with Crippen LogP contribution in [-0.2, 0) is 4.74 Å². The number of aliphatic imine (C=N–C) groups is 1. The molecular formula is C14H18Cl5NO. The number of nitrogens with zero attached hydrogens (tertiary/aromatic N) is 1. The van der Waals surface area contributed by atoms with Gasteiger partial charge in [-0.1, -0.05) is 47.0 Å². The predicted octanol–water partition coefficient (Wildman–Crippen LogP) is 6.02. The van der Waals surface area contributed by atoms with E-state index in [0.29, 0.717) is 6.54 Å². The Bertz CT molecular complexity index is 429. The van der Waals surface area contributed by atoms with Crippen LogP contribution in [0.15, 0.2) is 28.8 Å². The minimum absolute atomic E-state index is 0.0128. The van der Waals surface area contributed by atoms with Crippen LogP contribution in [0.4, 0.5) is 0 Å². The minimum atomic E-state index is -0.968. The molecule has 2 nitrogen and oxygen atoms in total. The molecule has 120 valence electrons. The maximum atomic E-state index is 6.14. The van der Waals surface area contributed by atoms with Crippen LogP contribution in [0.1, 0.15) is 32.6 Å². The highest BCUT2D eigenvalue weighted by Gasteiger charge is 2.53. The fraction of sp³-hybridized carbons (Fsp3) is 0.643. The van der Waals surface area contributed by atoms with E-state index in [9.17, 15) is 0 Å². The lowest BCUT2D eigenvalue weighted by Gasteiger charge is -2.09. The Morgan fingerprint density at radius 1 is 1.38 bits per heavy atom. The van der Waals surface area contributed by atoms with Crippen LogP contribution in [-0.4, -0.2) is 27.2 Å². The van der Waals surface area contributed by atoms with Crippen molar-refractivity contribution in [3.05, 3.63) is 23.8 Å². The second-order valence-electron chi connectivity index (χ2n) is 5.00. The maximum absolute atomic E-state index is 6.14. The third-order valence-corrected chi connectivity index (χ3v) is 4.54. The molecule has 0 aromatic rings. The molecule has 0 N–H and O–H groups in total. The summed E-state index contributed by atoms with van der Waals surface area (Å²) in [6.45, 7) is 6.38. The zero-order valence-corrected chi connectivity index (χ0v) is 15.5. The van der Waals surface area contributed by atoms with Crippen LogP contribution in [0.2, 0.25) is 0 Å². The Morgan fingerprint density at radius 2 is 2.00 bits per heavy atom. The molecule has 1 rings (SSSR count). The van der Waals surface area contributed by atoms with Crippen LogP contribution in [0.5, 0.6) is 0 Å². The monoisotopic (exact) mass is 391 g/mol. The normalized spacial score (nSPS) is 21.8. The van der Waals surface area contributed by atoms with E-state index in [4.69, 9.17) is 62.7 Å². The third kappa shape index (κ3) is 8.11. The molecule has 7 heteroatoms. The molecule has 1 aliphatic heterocycles. The topological polar surface area (TPSA) is 24.9 Å². The van der Waals surface area contributed by atoms with Crippen molar-refractivity contribution in [3.63, 3.8) is 0 Å². The highest BCUT2D eigenvalue weighted by Crippen LogP contribution is 2.47. The number of rotatable bonds is 9. The van der Waals surface area contributed by atoms with E-state index >= 15 is 0 Å². The second kappa shape index (κ2) is 9.00. The predicted molar refractivity (Wildman–Crippen MR) is 94.3 cm³/mol. The van der Waals surface area contributed by atoms with E-state index in [0.717, 1.165) is 31.3 Å². The Hall–Kier alpha value is 0.560. The number of epoxide rings is 1. The van der Waals surface area contributed by atoms with Crippen LogP contribution in [0.3, 0.4) is 0 Å². The summed E-state index contributed by atoms with van der Waals surface area (Å²) in [6.07, 6.45) is 5.54. The van der Waals surface area contributed by atoms with Crippen LogP contribution >= 0.6 is 58.0 Å². The average Bonchev–Trinajstić information content (AvgIpc) is 3.01. The number of ether oxygens (including phenoxy) is 1. The number of alkyl halides is 3. The summed E-state index contributed by atoms with van der Waals surface area (Å²) in [5.41, 5.74) is 2.19. The molecular weight excluding hydrogens is 375 g/mol. The third-order valence-electron chi connectivity index (χ3n) is 3.19. The summed E-state index contributed by atoms with van der Waals surface area (Å²) in [5, 5.41) is -0.251. The lowest BCUT2D eigenvalue weighted by molar-refractivity contribution is 0.377. The van der Waals surface area contributed by atoms with Crippen molar-refractivity contribution in [2.24, 2.45) is 4.99 Å². The van der Waals surface area contributed by atoms with E-state index in [1.807, 2.05) is 0 Å². The largest absolute Gasteiger partial charge is 0.335 e. The van der Waals surface area contributed by atoms with Gasteiger partial charge in [0, 0.05) is 0 Å². The first kappa shape index (κ1) is 19.6. The van der Waals surface area contributed by atoms with E-state index < -0.39 is 4.52 Å². The van der Waals surface area contributed by atoms with Gasteiger partial charge in [0.1, 0.15) is 6.10 Å². The Labute approximate surface area is 151 Å². The molecule has 0 bridgehead atoms.